The van der Waals surface area contributed by atoms with E-state index >= 15 is 0 Å². The van der Waals surface area contributed by atoms with Gasteiger partial charge < -0.3 is 14.7 Å². The number of anilines is 1. The Bertz CT molecular complexity index is 1320. The Morgan fingerprint density at radius 3 is 2.07 bits per heavy atom. The fourth-order valence-electron chi connectivity index (χ4n) is 3.33. The Morgan fingerprint density at radius 2 is 1.41 bits per heavy atom. The lowest BCUT2D eigenvalue weighted by Crippen LogP contribution is -2.28. The van der Waals surface area contributed by atoms with Crippen LogP contribution in [0.2, 0.25) is 0 Å². The smallest absolute Gasteiger partial charge is 0.314 e. The first-order valence-electron chi connectivity index (χ1n) is 9.28. The molecular weight excluding hydrogens is 382 g/mol. The number of aryl methyl sites for hydroxylation is 3. The van der Waals surface area contributed by atoms with Gasteiger partial charge in [0.1, 0.15) is 0 Å². The quantitative estimate of drug-likeness (QED) is 0.334. The van der Waals surface area contributed by atoms with Crippen molar-refractivity contribution in [1.82, 2.24) is 9.97 Å². The molecule has 0 aliphatic rings. The maximum absolute atomic E-state index is 11.6. The van der Waals surface area contributed by atoms with Crippen molar-refractivity contribution in [3.05, 3.63) is 92.0 Å². The van der Waals surface area contributed by atoms with Crippen LogP contribution in [0.25, 0.3) is 22.2 Å². The molecule has 0 amide bonds. The number of H-pyrrole nitrogens is 2. The maximum atomic E-state index is 11.6. The molecule has 0 saturated carbocycles. The topological polar surface area (TPSA) is 77.8 Å². The van der Waals surface area contributed by atoms with Gasteiger partial charge in [0.15, 0.2) is 0 Å². The summed E-state index contributed by atoms with van der Waals surface area (Å²) in [5.41, 5.74) is 6.87. The molecular formula is C23H21N3O2S. The van der Waals surface area contributed by atoms with Crippen LogP contribution < -0.4 is 15.8 Å². The minimum atomic E-state index is -0.646. The molecule has 4 aromatic rings. The second-order valence-corrected chi connectivity index (χ2v) is 8.02. The molecule has 0 radical (unpaired) electrons. The van der Waals surface area contributed by atoms with Gasteiger partial charge in [-0.15, -0.1) is 0 Å². The van der Waals surface area contributed by atoms with E-state index in [1.165, 1.54) is 34.2 Å². The van der Waals surface area contributed by atoms with Crippen molar-refractivity contribution in [2.75, 3.05) is 4.72 Å². The number of fused-ring (bicyclic) bond motifs is 1. The minimum absolute atomic E-state index is 0.606. The summed E-state index contributed by atoms with van der Waals surface area (Å²) in [5.74, 6) is 0. The molecule has 0 atom stereocenters. The van der Waals surface area contributed by atoms with Gasteiger partial charge in [-0.3, -0.25) is 9.59 Å². The van der Waals surface area contributed by atoms with Crippen LogP contribution in [0.4, 0.5) is 5.69 Å². The molecule has 5 nitrogen and oxygen atoms in total. The molecule has 1 aromatic heterocycles. The molecule has 0 saturated heterocycles. The first kappa shape index (κ1) is 19.1. The number of hydrogen-bond donors (Lipinski definition) is 3. The van der Waals surface area contributed by atoms with Crippen molar-refractivity contribution in [2.24, 2.45) is 0 Å². The molecule has 0 aliphatic heterocycles. The third-order valence-electron chi connectivity index (χ3n) is 4.87. The minimum Gasteiger partial charge on any atom is -0.326 e. The lowest BCUT2D eigenvalue weighted by atomic mass is 9.99. The summed E-state index contributed by atoms with van der Waals surface area (Å²) >= 11 is 1.47. The third kappa shape index (κ3) is 3.98. The number of benzene rings is 3. The van der Waals surface area contributed by atoms with Gasteiger partial charge in [-0.2, -0.15) is 0 Å². The van der Waals surface area contributed by atoms with Crippen molar-refractivity contribution in [2.45, 2.75) is 25.7 Å². The first-order chi connectivity index (χ1) is 13.9. The van der Waals surface area contributed by atoms with E-state index in [0.29, 0.717) is 11.0 Å². The number of aromatic nitrogens is 2. The molecule has 3 aromatic carbocycles. The Morgan fingerprint density at radius 1 is 0.759 bits per heavy atom. The van der Waals surface area contributed by atoms with Gasteiger partial charge in [-0.05, 0) is 79.2 Å². The molecule has 0 spiro atoms. The predicted molar refractivity (Wildman–Crippen MR) is 121 cm³/mol. The Balaban J connectivity index is 1.54. The number of hydrogen-bond acceptors (Lipinski definition) is 4. The van der Waals surface area contributed by atoms with Gasteiger partial charge in [0.25, 0.3) is 0 Å². The van der Waals surface area contributed by atoms with E-state index in [1.807, 2.05) is 19.1 Å². The Hall–Kier alpha value is -3.25. The van der Waals surface area contributed by atoms with Gasteiger partial charge in [-0.1, -0.05) is 35.9 Å². The average Bonchev–Trinajstić information content (AvgIpc) is 2.68. The molecule has 4 rings (SSSR count). The highest BCUT2D eigenvalue weighted by molar-refractivity contribution is 8.00. The van der Waals surface area contributed by atoms with Gasteiger partial charge in [0.2, 0.25) is 0 Å². The number of aromatic amines is 2. The molecule has 0 fully saturated rings. The van der Waals surface area contributed by atoms with Crippen molar-refractivity contribution in [1.29, 1.82) is 0 Å². The third-order valence-corrected chi connectivity index (χ3v) is 5.87. The largest absolute Gasteiger partial charge is 0.326 e. The molecule has 1 heterocycles. The molecule has 3 N–H and O–H groups in total. The van der Waals surface area contributed by atoms with Crippen molar-refractivity contribution in [3.8, 4) is 11.1 Å². The highest BCUT2D eigenvalue weighted by Crippen LogP contribution is 2.29. The van der Waals surface area contributed by atoms with Crippen LogP contribution in [0.3, 0.4) is 0 Å². The Labute approximate surface area is 172 Å². The lowest BCUT2D eigenvalue weighted by Gasteiger charge is -2.11. The van der Waals surface area contributed by atoms with Gasteiger partial charge >= 0.3 is 11.1 Å². The zero-order chi connectivity index (χ0) is 20.5. The fourth-order valence-corrected chi connectivity index (χ4v) is 4.09. The fraction of sp³-hybridized carbons (Fsp3) is 0.130. The van der Waals surface area contributed by atoms with Gasteiger partial charge in [0.05, 0.1) is 11.0 Å². The van der Waals surface area contributed by atoms with E-state index in [-0.39, 0.29) is 0 Å². The van der Waals surface area contributed by atoms with E-state index < -0.39 is 11.1 Å². The number of rotatable bonds is 4. The Kier molecular flexibility index (Phi) is 5.03. The summed E-state index contributed by atoms with van der Waals surface area (Å²) in [6.45, 7) is 6.20. The van der Waals surface area contributed by atoms with Crippen LogP contribution in [0.15, 0.2) is 69.1 Å². The van der Waals surface area contributed by atoms with Gasteiger partial charge in [-0.25, -0.2) is 0 Å². The highest BCUT2D eigenvalue weighted by atomic mass is 32.2. The number of nitrogens with one attached hydrogen (secondary N) is 3. The van der Waals surface area contributed by atoms with Crippen molar-refractivity contribution < 1.29 is 0 Å². The van der Waals surface area contributed by atoms with Crippen LogP contribution in [-0.2, 0) is 0 Å². The van der Waals surface area contributed by atoms with Crippen LogP contribution in [0.1, 0.15) is 16.7 Å². The SMILES string of the molecule is Cc1ccc(-c2ccc(NSc3cc4[nH]c(=O)c(=O)[nH]c4cc3C)cc2)c(C)c1. The van der Waals surface area contributed by atoms with Crippen LogP contribution in [-0.4, -0.2) is 9.97 Å². The van der Waals surface area contributed by atoms with Crippen molar-refractivity contribution >= 4 is 28.7 Å². The van der Waals surface area contributed by atoms with Gasteiger partial charge in [0, 0.05) is 10.6 Å². The second-order valence-electron chi connectivity index (χ2n) is 7.17. The predicted octanol–water partition coefficient (Wildman–Crippen LogP) is 4.93. The monoisotopic (exact) mass is 403 g/mol. The standard InChI is InChI=1S/C23H21N3O2S/c1-13-4-9-18(14(2)10-13)16-5-7-17(8-6-16)26-29-21-12-20-19(11-15(21)3)24-22(27)23(28)25-20/h4-12,26H,1-3H3,(H,24,27)(H,25,28). The summed E-state index contributed by atoms with van der Waals surface area (Å²) in [4.78, 5) is 29.3. The average molecular weight is 404 g/mol. The normalized spacial score (nSPS) is 11.0. The molecule has 0 aliphatic carbocycles. The summed E-state index contributed by atoms with van der Waals surface area (Å²) in [7, 11) is 0. The van der Waals surface area contributed by atoms with E-state index in [0.717, 1.165) is 16.1 Å². The van der Waals surface area contributed by atoms with E-state index in [9.17, 15) is 9.59 Å². The molecule has 0 unspecified atom stereocenters. The summed E-state index contributed by atoms with van der Waals surface area (Å²) < 4.78 is 3.35. The second kappa shape index (κ2) is 7.64. The first-order valence-corrected chi connectivity index (χ1v) is 10.1. The van der Waals surface area contributed by atoms with E-state index in [1.54, 1.807) is 0 Å². The summed E-state index contributed by atoms with van der Waals surface area (Å²) in [6.07, 6.45) is 0. The molecule has 6 heteroatoms. The van der Waals surface area contributed by atoms with Crippen LogP contribution in [0.5, 0.6) is 0 Å². The molecule has 146 valence electrons. The van der Waals surface area contributed by atoms with Crippen LogP contribution in [0, 0.1) is 20.8 Å². The summed E-state index contributed by atoms with van der Waals surface area (Å²) in [6, 6.07) is 18.5. The molecule has 29 heavy (non-hydrogen) atoms. The van der Waals surface area contributed by atoms with Crippen molar-refractivity contribution in [3.63, 3.8) is 0 Å². The lowest BCUT2D eigenvalue weighted by molar-refractivity contribution is 1.13. The zero-order valence-corrected chi connectivity index (χ0v) is 17.2. The van der Waals surface area contributed by atoms with E-state index in [4.69, 9.17) is 0 Å². The zero-order valence-electron chi connectivity index (χ0n) is 16.4. The summed E-state index contributed by atoms with van der Waals surface area (Å²) in [5, 5.41) is 0. The van der Waals surface area contributed by atoms with Crippen LogP contribution >= 0.6 is 11.9 Å². The highest BCUT2D eigenvalue weighted by Gasteiger charge is 2.07. The van der Waals surface area contributed by atoms with E-state index in [2.05, 4.69) is 71.0 Å². The maximum Gasteiger partial charge on any atom is 0.314 e. The molecule has 0 bridgehead atoms.